The molecule has 0 spiro atoms. The molecule has 2 N–H and O–H groups in total. The topological polar surface area (TPSA) is 117 Å². The van der Waals surface area contributed by atoms with Crippen LogP contribution in [0, 0.1) is 11.8 Å². The minimum atomic E-state index is -0.709. The number of hydrogen-bond donors (Lipinski definition) is 2. The van der Waals surface area contributed by atoms with Crippen LogP contribution in [0.2, 0.25) is 0 Å². The first-order valence-corrected chi connectivity index (χ1v) is 13.7. The van der Waals surface area contributed by atoms with Crippen molar-refractivity contribution >= 4 is 29.5 Å². The fourth-order valence-corrected chi connectivity index (χ4v) is 4.82. The van der Waals surface area contributed by atoms with Crippen LogP contribution in [0.5, 0.6) is 0 Å². The first-order chi connectivity index (χ1) is 17.2. The number of hydrogen-bond acceptors (Lipinski definition) is 8. The average Bonchev–Trinajstić information content (AvgIpc) is 3.31. The van der Waals surface area contributed by atoms with Gasteiger partial charge in [0.2, 0.25) is 17.7 Å². The zero-order chi connectivity index (χ0) is 26.2. The number of rotatable bonds is 10. The summed E-state index contributed by atoms with van der Waals surface area (Å²) in [5.74, 6) is -1.82. The van der Waals surface area contributed by atoms with Crippen molar-refractivity contribution in [3.05, 3.63) is 41.3 Å². The van der Waals surface area contributed by atoms with Crippen molar-refractivity contribution in [3.63, 3.8) is 0 Å². The lowest BCUT2D eigenvalue weighted by molar-refractivity contribution is -0.135. The number of amides is 3. The molecule has 1 heterocycles. The standard InChI is InChI=1S/C26H37N5O4S/c1-16(2)14-20(25-29-30-26(35-25)36-5)24(34)28-23(33)19-8-6-7-9-21(19)27-22(32)18-12-10-17(11-13-18)15-31(3)4/h10-13,16,19-21H,6-9,14-15H2,1-5H3,(H,27,32)(H,28,33,34)/t19-,20?,21+/m1/s1. The van der Waals surface area contributed by atoms with Crippen molar-refractivity contribution < 1.29 is 18.8 Å². The van der Waals surface area contributed by atoms with E-state index in [0.717, 1.165) is 24.9 Å². The molecule has 1 saturated carbocycles. The van der Waals surface area contributed by atoms with Crippen LogP contribution in [0.25, 0.3) is 0 Å². The molecule has 9 nitrogen and oxygen atoms in total. The Kier molecular flexibility index (Phi) is 10.1. The minimum Gasteiger partial charge on any atom is -0.415 e. The summed E-state index contributed by atoms with van der Waals surface area (Å²) in [4.78, 5) is 41.3. The molecule has 0 bridgehead atoms. The van der Waals surface area contributed by atoms with Gasteiger partial charge in [-0.25, -0.2) is 0 Å². The van der Waals surface area contributed by atoms with Crippen LogP contribution in [0.4, 0.5) is 0 Å². The Morgan fingerprint density at radius 1 is 1.11 bits per heavy atom. The molecule has 0 saturated heterocycles. The summed E-state index contributed by atoms with van der Waals surface area (Å²) < 4.78 is 5.61. The molecule has 1 aromatic carbocycles. The van der Waals surface area contributed by atoms with Gasteiger partial charge < -0.3 is 14.6 Å². The van der Waals surface area contributed by atoms with Crippen LogP contribution in [0.1, 0.15) is 73.7 Å². The molecule has 36 heavy (non-hydrogen) atoms. The van der Waals surface area contributed by atoms with Crippen molar-refractivity contribution in [1.82, 2.24) is 25.7 Å². The first kappa shape index (κ1) is 27.9. The van der Waals surface area contributed by atoms with E-state index in [9.17, 15) is 14.4 Å². The number of imide groups is 1. The third kappa shape index (κ3) is 7.64. The molecule has 2 aromatic rings. The predicted molar refractivity (Wildman–Crippen MR) is 138 cm³/mol. The Labute approximate surface area is 217 Å². The van der Waals surface area contributed by atoms with Crippen molar-refractivity contribution in [2.24, 2.45) is 11.8 Å². The molecule has 3 rings (SSSR count). The zero-order valence-electron chi connectivity index (χ0n) is 21.7. The second-order valence-corrected chi connectivity index (χ2v) is 10.8. The first-order valence-electron chi connectivity index (χ1n) is 12.4. The number of aromatic nitrogens is 2. The maximum atomic E-state index is 13.2. The van der Waals surface area contributed by atoms with Gasteiger partial charge >= 0.3 is 0 Å². The normalized spacial score (nSPS) is 18.8. The van der Waals surface area contributed by atoms with E-state index in [4.69, 9.17) is 4.42 Å². The molecule has 1 unspecified atom stereocenters. The maximum Gasteiger partial charge on any atom is 0.276 e. The van der Waals surface area contributed by atoms with Gasteiger partial charge in [0.1, 0.15) is 5.92 Å². The lowest BCUT2D eigenvalue weighted by atomic mass is 9.83. The van der Waals surface area contributed by atoms with E-state index in [0.29, 0.717) is 30.0 Å². The Bertz CT molecular complexity index is 1040. The van der Waals surface area contributed by atoms with Gasteiger partial charge in [-0.1, -0.05) is 50.6 Å². The molecule has 196 valence electrons. The lowest BCUT2D eigenvalue weighted by Crippen LogP contribution is -2.50. The van der Waals surface area contributed by atoms with Gasteiger partial charge in [-0.05, 0) is 63.2 Å². The third-order valence-corrected chi connectivity index (χ3v) is 6.81. The SMILES string of the molecule is CSc1nnc(C(CC(C)C)C(=O)NC(=O)[C@@H]2CCCC[C@@H]2NC(=O)c2ccc(CN(C)C)cc2)o1. The van der Waals surface area contributed by atoms with Crippen molar-refractivity contribution in [2.75, 3.05) is 20.4 Å². The van der Waals surface area contributed by atoms with Crippen molar-refractivity contribution in [2.45, 2.75) is 69.7 Å². The molecule has 0 aliphatic heterocycles. The quantitative estimate of drug-likeness (QED) is 0.461. The van der Waals surface area contributed by atoms with Crippen LogP contribution in [0.3, 0.4) is 0 Å². The summed E-state index contributed by atoms with van der Waals surface area (Å²) >= 11 is 1.30. The van der Waals surface area contributed by atoms with Gasteiger partial charge in [-0.15, -0.1) is 10.2 Å². The number of nitrogens with one attached hydrogen (secondary N) is 2. The van der Waals surface area contributed by atoms with Crippen LogP contribution in [0.15, 0.2) is 33.9 Å². The maximum absolute atomic E-state index is 13.2. The van der Waals surface area contributed by atoms with E-state index in [1.165, 1.54) is 11.8 Å². The summed E-state index contributed by atoms with van der Waals surface area (Å²) in [5, 5.41) is 14.0. The highest BCUT2D eigenvalue weighted by Gasteiger charge is 2.35. The summed E-state index contributed by atoms with van der Waals surface area (Å²) in [7, 11) is 3.99. The second kappa shape index (κ2) is 13.0. The summed E-state index contributed by atoms with van der Waals surface area (Å²) in [5.41, 5.74) is 1.67. The summed E-state index contributed by atoms with van der Waals surface area (Å²) in [6, 6.07) is 7.15. The number of nitrogens with zero attached hydrogens (tertiary/aromatic N) is 3. The molecule has 0 radical (unpaired) electrons. The fourth-order valence-electron chi connectivity index (χ4n) is 4.53. The van der Waals surface area contributed by atoms with Gasteiger partial charge in [0.15, 0.2) is 0 Å². The molecule has 3 atom stereocenters. The summed E-state index contributed by atoms with van der Waals surface area (Å²) in [6.07, 6.45) is 5.37. The molecule has 10 heteroatoms. The van der Waals surface area contributed by atoms with Crippen molar-refractivity contribution in [1.29, 1.82) is 0 Å². The van der Waals surface area contributed by atoms with Crippen LogP contribution < -0.4 is 10.6 Å². The van der Waals surface area contributed by atoms with Gasteiger partial charge in [0, 0.05) is 18.2 Å². The highest BCUT2D eigenvalue weighted by atomic mass is 32.2. The zero-order valence-corrected chi connectivity index (χ0v) is 22.6. The molecule has 3 amide bonds. The Balaban J connectivity index is 1.66. The molecular weight excluding hydrogens is 478 g/mol. The van der Waals surface area contributed by atoms with Gasteiger partial charge in [0.25, 0.3) is 11.1 Å². The Morgan fingerprint density at radius 2 is 1.81 bits per heavy atom. The monoisotopic (exact) mass is 515 g/mol. The number of carbonyl (C=O) groups is 3. The Morgan fingerprint density at radius 3 is 2.42 bits per heavy atom. The predicted octanol–water partition coefficient (Wildman–Crippen LogP) is 3.61. The second-order valence-electron chi connectivity index (χ2n) is 10.1. The van der Waals surface area contributed by atoms with Crippen LogP contribution in [-0.4, -0.2) is 59.2 Å². The molecular formula is C26H37N5O4S. The van der Waals surface area contributed by atoms with Crippen molar-refractivity contribution in [3.8, 4) is 0 Å². The average molecular weight is 516 g/mol. The number of thioether (sulfide) groups is 1. The van der Waals surface area contributed by atoms with E-state index in [1.807, 2.05) is 46.3 Å². The third-order valence-electron chi connectivity index (χ3n) is 6.30. The molecule has 1 aliphatic carbocycles. The van der Waals surface area contributed by atoms with E-state index >= 15 is 0 Å². The largest absolute Gasteiger partial charge is 0.415 e. The van der Waals surface area contributed by atoms with Gasteiger partial charge in [-0.2, -0.15) is 0 Å². The lowest BCUT2D eigenvalue weighted by Gasteiger charge is -2.31. The van der Waals surface area contributed by atoms with E-state index < -0.39 is 17.7 Å². The number of carbonyl (C=O) groups excluding carboxylic acids is 3. The van der Waals surface area contributed by atoms with Crippen LogP contribution in [-0.2, 0) is 16.1 Å². The van der Waals surface area contributed by atoms with E-state index in [1.54, 1.807) is 12.1 Å². The molecule has 1 fully saturated rings. The smallest absolute Gasteiger partial charge is 0.276 e. The highest BCUT2D eigenvalue weighted by Crippen LogP contribution is 2.28. The minimum absolute atomic E-state index is 0.186. The summed E-state index contributed by atoms with van der Waals surface area (Å²) in [6.45, 7) is 4.78. The van der Waals surface area contributed by atoms with Gasteiger partial charge in [0.05, 0.1) is 5.92 Å². The fraction of sp³-hybridized carbons (Fsp3) is 0.577. The Hall–Kier alpha value is -2.72. The molecule has 1 aromatic heterocycles. The highest BCUT2D eigenvalue weighted by molar-refractivity contribution is 7.98. The molecule has 1 aliphatic rings. The van der Waals surface area contributed by atoms with E-state index in [2.05, 4.69) is 25.7 Å². The van der Waals surface area contributed by atoms with Crippen LogP contribution >= 0.6 is 11.8 Å². The number of benzene rings is 1. The van der Waals surface area contributed by atoms with Gasteiger partial charge in [-0.3, -0.25) is 19.7 Å². The van der Waals surface area contributed by atoms with E-state index in [-0.39, 0.29) is 29.7 Å².